The van der Waals surface area contributed by atoms with Gasteiger partial charge < -0.3 is 19.1 Å². The van der Waals surface area contributed by atoms with Gasteiger partial charge in [-0.1, -0.05) is 60.1 Å². The zero-order valence-corrected chi connectivity index (χ0v) is 22.9. The van der Waals surface area contributed by atoms with Gasteiger partial charge in [-0.05, 0) is 43.5 Å². The summed E-state index contributed by atoms with van der Waals surface area (Å²) in [5, 5.41) is 0.554. The van der Waals surface area contributed by atoms with Crippen molar-refractivity contribution in [2.45, 2.75) is 45.3 Å². The molecule has 0 N–H and O–H groups in total. The number of anilines is 1. The second-order valence-electron chi connectivity index (χ2n) is 9.21. The Morgan fingerprint density at radius 2 is 1.66 bits per heavy atom. The van der Waals surface area contributed by atoms with Crippen LogP contribution in [0.2, 0.25) is 5.02 Å². The molecule has 0 aliphatic carbocycles. The maximum atomic E-state index is 14.0. The Balaban J connectivity index is 1.83. The van der Waals surface area contributed by atoms with Crippen molar-refractivity contribution >= 4 is 29.3 Å². The van der Waals surface area contributed by atoms with Crippen molar-refractivity contribution in [2.24, 2.45) is 0 Å². The number of methoxy groups -OCH3 is 2. The summed E-state index contributed by atoms with van der Waals surface area (Å²) in [6.07, 6.45) is 0.230. The highest BCUT2D eigenvalue weighted by molar-refractivity contribution is 6.31. The largest absolute Gasteiger partial charge is 0.493 e. The fourth-order valence-electron chi connectivity index (χ4n) is 4.98. The van der Waals surface area contributed by atoms with Crippen molar-refractivity contribution in [2.75, 3.05) is 25.7 Å². The lowest BCUT2D eigenvalue weighted by Gasteiger charge is -2.43. The van der Waals surface area contributed by atoms with Gasteiger partial charge in [0.15, 0.2) is 11.5 Å². The molecule has 0 spiro atoms. The number of nitrogens with zero attached hydrogens (tertiary/aromatic N) is 2. The minimum absolute atomic E-state index is 0.0653. The Morgan fingerprint density at radius 1 is 1.00 bits per heavy atom. The lowest BCUT2D eigenvalue weighted by molar-refractivity contribution is -0.134. The molecule has 1 heterocycles. The predicted molar refractivity (Wildman–Crippen MR) is 148 cm³/mol. The Kier molecular flexibility index (Phi) is 8.79. The van der Waals surface area contributed by atoms with Crippen LogP contribution in [0.1, 0.15) is 43.0 Å². The molecule has 3 aromatic carbocycles. The minimum Gasteiger partial charge on any atom is -0.493 e. The van der Waals surface area contributed by atoms with Gasteiger partial charge in [-0.25, -0.2) is 4.79 Å². The standard InChI is InChI=1S/C30H33ClN2O5/c1-5-38-30(35)33-20(2)15-25(23-17-27(36-3)28(37-4)18-26(23)33)32(19-21-11-7-6-8-12-21)29(34)16-22-13-9-10-14-24(22)31/h6-14,17-18,20,25H,5,15-16,19H2,1-4H3/t20-,25+/m1/s1. The summed E-state index contributed by atoms with van der Waals surface area (Å²) < 4.78 is 16.6. The van der Waals surface area contributed by atoms with Gasteiger partial charge in [0.1, 0.15) is 0 Å². The molecule has 2 atom stereocenters. The van der Waals surface area contributed by atoms with E-state index in [2.05, 4.69) is 0 Å². The molecule has 4 rings (SSSR count). The Hall–Kier alpha value is -3.71. The summed E-state index contributed by atoms with van der Waals surface area (Å²) in [7, 11) is 3.12. The van der Waals surface area contributed by atoms with E-state index in [9.17, 15) is 9.59 Å². The third kappa shape index (κ3) is 5.73. The zero-order chi connectivity index (χ0) is 27.2. The maximum Gasteiger partial charge on any atom is 0.414 e. The van der Waals surface area contributed by atoms with Crippen LogP contribution in [-0.4, -0.2) is 43.8 Å². The van der Waals surface area contributed by atoms with Crippen LogP contribution >= 0.6 is 11.6 Å². The molecule has 1 aliphatic rings. The molecule has 200 valence electrons. The number of hydrogen-bond acceptors (Lipinski definition) is 5. The van der Waals surface area contributed by atoms with Gasteiger partial charge in [0.25, 0.3) is 0 Å². The van der Waals surface area contributed by atoms with E-state index < -0.39 is 6.09 Å². The Bertz CT molecular complexity index is 1280. The molecule has 0 saturated carbocycles. The summed E-state index contributed by atoms with van der Waals surface area (Å²) in [6, 6.07) is 20.3. The maximum absolute atomic E-state index is 14.0. The van der Waals surface area contributed by atoms with E-state index in [1.807, 2.05) is 66.4 Å². The Morgan fingerprint density at radius 3 is 2.32 bits per heavy atom. The topological polar surface area (TPSA) is 68.3 Å². The quantitative estimate of drug-likeness (QED) is 0.332. The van der Waals surface area contributed by atoms with Crippen molar-refractivity contribution < 1.29 is 23.8 Å². The van der Waals surface area contributed by atoms with Crippen molar-refractivity contribution in [3.63, 3.8) is 0 Å². The molecule has 0 aromatic heterocycles. The van der Waals surface area contributed by atoms with Crippen LogP contribution in [0.15, 0.2) is 66.7 Å². The van der Waals surface area contributed by atoms with Gasteiger partial charge in [0.2, 0.25) is 5.91 Å². The van der Waals surface area contributed by atoms with Gasteiger partial charge in [0, 0.05) is 29.2 Å². The monoisotopic (exact) mass is 536 g/mol. The van der Waals surface area contributed by atoms with Crippen molar-refractivity contribution in [1.82, 2.24) is 4.90 Å². The molecular formula is C30H33ClN2O5. The summed E-state index contributed by atoms with van der Waals surface area (Å²) in [5.74, 6) is 0.947. The minimum atomic E-state index is -0.441. The van der Waals surface area contributed by atoms with E-state index >= 15 is 0 Å². The second-order valence-corrected chi connectivity index (χ2v) is 9.62. The van der Waals surface area contributed by atoms with E-state index in [4.69, 9.17) is 25.8 Å². The summed E-state index contributed by atoms with van der Waals surface area (Å²) in [4.78, 5) is 30.5. The van der Waals surface area contributed by atoms with Gasteiger partial charge in [-0.15, -0.1) is 0 Å². The van der Waals surface area contributed by atoms with Crippen LogP contribution in [0, 0.1) is 0 Å². The highest BCUT2D eigenvalue weighted by atomic mass is 35.5. The summed E-state index contributed by atoms with van der Waals surface area (Å²) in [5.41, 5.74) is 3.19. The average Bonchev–Trinajstić information content (AvgIpc) is 2.92. The number of halogens is 1. The molecule has 0 unspecified atom stereocenters. The molecule has 2 amide bonds. The Labute approximate surface area is 228 Å². The molecule has 7 nitrogen and oxygen atoms in total. The smallest absolute Gasteiger partial charge is 0.414 e. The molecule has 0 radical (unpaired) electrons. The first-order chi connectivity index (χ1) is 18.4. The first-order valence-electron chi connectivity index (χ1n) is 12.7. The average molecular weight is 537 g/mol. The van der Waals surface area contributed by atoms with E-state index in [-0.39, 0.29) is 31.0 Å². The van der Waals surface area contributed by atoms with E-state index in [1.165, 1.54) is 0 Å². The van der Waals surface area contributed by atoms with E-state index in [1.54, 1.807) is 38.2 Å². The van der Waals surface area contributed by atoms with Crippen LogP contribution in [0.5, 0.6) is 11.5 Å². The fourth-order valence-corrected chi connectivity index (χ4v) is 5.18. The van der Waals surface area contributed by atoms with Crippen molar-refractivity contribution in [3.05, 3.63) is 88.4 Å². The number of rotatable bonds is 8. The lowest BCUT2D eigenvalue weighted by Crippen LogP contribution is -2.48. The van der Waals surface area contributed by atoms with Crippen molar-refractivity contribution in [1.29, 1.82) is 0 Å². The normalized spacial score (nSPS) is 16.4. The summed E-state index contributed by atoms with van der Waals surface area (Å²) in [6.45, 7) is 4.39. The molecule has 0 bridgehead atoms. The number of hydrogen-bond donors (Lipinski definition) is 0. The molecule has 38 heavy (non-hydrogen) atoms. The number of ether oxygens (including phenoxy) is 3. The van der Waals surface area contributed by atoms with E-state index in [0.717, 1.165) is 16.7 Å². The highest BCUT2D eigenvalue weighted by Gasteiger charge is 2.40. The molecule has 1 aliphatic heterocycles. The van der Waals surface area contributed by atoms with Crippen molar-refractivity contribution in [3.8, 4) is 11.5 Å². The first-order valence-corrected chi connectivity index (χ1v) is 13.0. The van der Waals surface area contributed by atoms with Gasteiger partial charge >= 0.3 is 6.09 Å². The molecule has 3 aromatic rings. The molecule has 8 heteroatoms. The number of amides is 2. The predicted octanol–water partition coefficient (Wildman–Crippen LogP) is 6.42. The SMILES string of the molecule is CCOC(=O)N1c2cc(OC)c(OC)cc2[C@@H](N(Cc2ccccc2)C(=O)Cc2ccccc2Cl)C[C@H]1C. The van der Waals surface area contributed by atoms with Gasteiger partial charge in [-0.3, -0.25) is 9.69 Å². The number of carbonyl (C=O) groups is 2. The van der Waals surface area contributed by atoms with E-state index in [0.29, 0.717) is 35.2 Å². The first kappa shape index (κ1) is 27.3. The van der Waals surface area contributed by atoms with Crippen LogP contribution in [0.3, 0.4) is 0 Å². The van der Waals surface area contributed by atoms with Crippen LogP contribution in [0.25, 0.3) is 0 Å². The second kappa shape index (κ2) is 12.2. The lowest BCUT2D eigenvalue weighted by atomic mass is 9.89. The molecular weight excluding hydrogens is 504 g/mol. The van der Waals surface area contributed by atoms with Crippen LogP contribution in [0.4, 0.5) is 10.5 Å². The summed E-state index contributed by atoms with van der Waals surface area (Å²) >= 11 is 6.42. The van der Waals surface area contributed by atoms with Crippen LogP contribution < -0.4 is 14.4 Å². The van der Waals surface area contributed by atoms with Crippen LogP contribution in [-0.2, 0) is 22.5 Å². The number of benzene rings is 3. The number of fused-ring (bicyclic) bond motifs is 1. The zero-order valence-electron chi connectivity index (χ0n) is 22.1. The number of carbonyl (C=O) groups excluding carboxylic acids is 2. The van der Waals surface area contributed by atoms with Gasteiger partial charge in [-0.2, -0.15) is 0 Å². The fraction of sp³-hybridized carbons (Fsp3) is 0.333. The molecule has 0 fully saturated rings. The molecule has 0 saturated heterocycles. The highest BCUT2D eigenvalue weighted by Crippen LogP contribution is 2.46. The van der Waals surface area contributed by atoms with Gasteiger partial charge in [0.05, 0.1) is 39.0 Å². The third-order valence-electron chi connectivity index (χ3n) is 6.81. The third-order valence-corrected chi connectivity index (χ3v) is 7.18.